The van der Waals surface area contributed by atoms with Gasteiger partial charge in [-0.15, -0.1) is 5.10 Å². The fraction of sp³-hybridized carbons (Fsp3) is 0.133. The van der Waals surface area contributed by atoms with Crippen molar-refractivity contribution in [2.75, 3.05) is 12.4 Å². The first kappa shape index (κ1) is 29.5. The van der Waals surface area contributed by atoms with Gasteiger partial charge in [-0.1, -0.05) is 65.7 Å². The molecule has 13 heteroatoms. The lowest BCUT2D eigenvalue weighted by atomic mass is 10.0. The highest BCUT2D eigenvalue weighted by atomic mass is 35.5. The van der Waals surface area contributed by atoms with Crippen LogP contribution < -0.4 is 10.6 Å². The van der Waals surface area contributed by atoms with E-state index in [1.54, 1.807) is 60.2 Å². The van der Waals surface area contributed by atoms with Crippen molar-refractivity contribution in [3.63, 3.8) is 0 Å². The summed E-state index contributed by atoms with van der Waals surface area (Å²) >= 11 is 13.0. The van der Waals surface area contributed by atoms with Crippen molar-refractivity contribution in [2.24, 2.45) is 7.05 Å². The molecule has 0 saturated carbocycles. The maximum absolute atomic E-state index is 13.3. The van der Waals surface area contributed by atoms with Gasteiger partial charge in [-0.05, 0) is 58.8 Å². The molecule has 2 aromatic heterocycles. The van der Waals surface area contributed by atoms with Crippen molar-refractivity contribution >= 4 is 47.0 Å². The van der Waals surface area contributed by atoms with Crippen molar-refractivity contribution in [1.29, 1.82) is 0 Å². The van der Waals surface area contributed by atoms with Gasteiger partial charge in [-0.25, -0.2) is 9.78 Å². The Morgan fingerprint density at radius 3 is 2.51 bits per heavy atom. The van der Waals surface area contributed by atoms with E-state index in [2.05, 4.69) is 30.9 Å². The summed E-state index contributed by atoms with van der Waals surface area (Å²) in [5.41, 5.74) is 4.16. The van der Waals surface area contributed by atoms with Crippen LogP contribution >= 0.6 is 23.2 Å². The molecule has 1 atom stereocenters. The van der Waals surface area contributed by atoms with Crippen LogP contribution in [-0.4, -0.2) is 48.9 Å². The first-order valence-corrected chi connectivity index (χ1v) is 13.8. The number of methoxy groups -OCH3 is 1. The van der Waals surface area contributed by atoms with Crippen molar-refractivity contribution in [2.45, 2.75) is 12.5 Å². The van der Waals surface area contributed by atoms with Crippen LogP contribution in [0.1, 0.15) is 23.0 Å². The van der Waals surface area contributed by atoms with Gasteiger partial charge in [-0.2, -0.15) is 4.68 Å². The lowest BCUT2D eigenvalue weighted by Crippen LogP contribution is -2.30. The van der Waals surface area contributed by atoms with Gasteiger partial charge in [0.25, 0.3) is 0 Å². The van der Waals surface area contributed by atoms with Crippen LogP contribution in [0.4, 0.5) is 10.5 Å². The molecule has 0 unspecified atom stereocenters. The van der Waals surface area contributed by atoms with Crippen LogP contribution in [0.5, 0.6) is 0 Å². The van der Waals surface area contributed by atoms with Crippen LogP contribution in [0.15, 0.2) is 85.2 Å². The lowest BCUT2D eigenvalue weighted by Gasteiger charge is -2.18. The fourth-order valence-electron chi connectivity index (χ4n) is 4.45. The largest absolute Gasteiger partial charge is 0.453 e. The van der Waals surface area contributed by atoms with Crippen LogP contribution in [0.25, 0.3) is 23.0 Å². The minimum atomic E-state index is -0.568. The molecule has 0 saturated heterocycles. The zero-order valence-corrected chi connectivity index (χ0v) is 24.6. The Morgan fingerprint density at radius 2 is 1.81 bits per heavy atom. The number of nitrogens with one attached hydrogen (secondary N) is 2. The van der Waals surface area contributed by atoms with E-state index in [0.717, 1.165) is 11.1 Å². The third-order valence-electron chi connectivity index (χ3n) is 6.56. The van der Waals surface area contributed by atoms with E-state index in [1.807, 2.05) is 30.3 Å². The van der Waals surface area contributed by atoms with Gasteiger partial charge in [0.05, 0.1) is 18.8 Å². The highest BCUT2D eigenvalue weighted by Crippen LogP contribution is 2.32. The average molecular weight is 617 g/mol. The number of hydrogen-bond donors (Lipinski definition) is 2. The van der Waals surface area contributed by atoms with E-state index in [1.165, 1.54) is 24.2 Å². The number of hydrogen-bond acceptors (Lipinski definition) is 7. The SMILES string of the molecule is COC(=O)Nc1ccc(-c2nc([C@H](Cc3ccccc3)NC(=O)/C=C/c3cc(Cl)ccc3-n3cnnn3)n(C)c2Cl)cc1. The molecule has 218 valence electrons. The number of ether oxygens (including phenoxy) is 1. The first-order valence-electron chi connectivity index (χ1n) is 13.1. The monoisotopic (exact) mass is 616 g/mol. The highest BCUT2D eigenvalue weighted by molar-refractivity contribution is 6.32. The van der Waals surface area contributed by atoms with Gasteiger partial charge in [0.15, 0.2) is 0 Å². The van der Waals surface area contributed by atoms with E-state index in [9.17, 15) is 9.59 Å². The number of anilines is 1. The Balaban J connectivity index is 1.43. The molecule has 0 aliphatic carbocycles. The lowest BCUT2D eigenvalue weighted by molar-refractivity contribution is -0.117. The van der Waals surface area contributed by atoms with Crippen molar-refractivity contribution in [1.82, 2.24) is 35.1 Å². The van der Waals surface area contributed by atoms with E-state index in [4.69, 9.17) is 28.2 Å². The third kappa shape index (κ3) is 7.08. The molecule has 0 bridgehead atoms. The predicted octanol–water partition coefficient (Wildman–Crippen LogP) is 5.66. The molecule has 0 spiro atoms. The number of carbonyl (C=O) groups is 2. The zero-order valence-electron chi connectivity index (χ0n) is 23.1. The standard InChI is InChI=1S/C30H26Cl2N8O3/c1-39-28(32)27(20-8-12-23(13-9-20)34-30(42)43-2)36-29(39)24(16-19-6-4-3-5-7-19)35-26(41)15-10-21-17-22(31)11-14-25(21)40-18-33-37-38-40/h3-15,17-18,24H,16H2,1-2H3,(H,34,42)(H,35,41)/b15-10+/t24-/m0/s1. The van der Waals surface area contributed by atoms with E-state index in [0.29, 0.717) is 45.1 Å². The van der Waals surface area contributed by atoms with E-state index < -0.39 is 12.1 Å². The number of nitrogens with zero attached hydrogens (tertiary/aromatic N) is 6. The average Bonchev–Trinajstić information content (AvgIpc) is 3.65. The summed E-state index contributed by atoms with van der Waals surface area (Å²) in [7, 11) is 3.09. The van der Waals surface area contributed by atoms with Crippen molar-refractivity contribution < 1.29 is 14.3 Å². The molecule has 0 fully saturated rings. The second kappa shape index (κ2) is 13.3. The Bertz CT molecular complexity index is 1750. The second-order valence-electron chi connectivity index (χ2n) is 9.40. The summed E-state index contributed by atoms with van der Waals surface area (Å²) in [5.74, 6) is 0.224. The summed E-state index contributed by atoms with van der Waals surface area (Å²) in [6.07, 6.45) is 4.44. The normalized spacial score (nSPS) is 11.8. The molecule has 11 nitrogen and oxygen atoms in total. The van der Waals surface area contributed by atoms with E-state index in [-0.39, 0.29) is 5.91 Å². The number of rotatable bonds is 9. The van der Waals surface area contributed by atoms with Crippen molar-refractivity contribution in [3.8, 4) is 16.9 Å². The molecule has 5 rings (SSSR count). The molecule has 2 N–H and O–H groups in total. The maximum Gasteiger partial charge on any atom is 0.411 e. The molecular formula is C30H26Cl2N8O3. The minimum Gasteiger partial charge on any atom is -0.453 e. The Hall–Kier alpha value is -5.00. The highest BCUT2D eigenvalue weighted by Gasteiger charge is 2.24. The maximum atomic E-state index is 13.3. The molecule has 2 amide bonds. The van der Waals surface area contributed by atoms with Gasteiger partial charge in [0.1, 0.15) is 23.0 Å². The Labute approximate surface area is 257 Å². The van der Waals surface area contributed by atoms with Crippen molar-refractivity contribution in [3.05, 3.63) is 112 Å². The number of tetrazole rings is 1. The molecule has 2 heterocycles. The van der Waals surface area contributed by atoms with Crippen LogP contribution in [0.2, 0.25) is 10.2 Å². The molecular weight excluding hydrogens is 591 g/mol. The minimum absolute atomic E-state index is 0.345. The van der Waals surface area contributed by atoms with Crippen LogP contribution in [0, 0.1) is 0 Å². The topological polar surface area (TPSA) is 129 Å². The number of halogens is 2. The zero-order chi connectivity index (χ0) is 30.3. The van der Waals surface area contributed by atoms with Crippen LogP contribution in [0.3, 0.4) is 0 Å². The smallest absolute Gasteiger partial charge is 0.411 e. The van der Waals surface area contributed by atoms with Crippen LogP contribution in [-0.2, 0) is 23.0 Å². The molecule has 0 radical (unpaired) electrons. The molecule has 0 aliphatic rings. The molecule has 3 aromatic carbocycles. The van der Waals surface area contributed by atoms with Gasteiger partial charge < -0.3 is 14.6 Å². The number of aromatic nitrogens is 6. The summed E-state index contributed by atoms with van der Waals surface area (Å²) in [6.45, 7) is 0. The van der Waals surface area contributed by atoms with Gasteiger partial charge in [0, 0.05) is 35.0 Å². The molecule has 43 heavy (non-hydrogen) atoms. The molecule has 0 aliphatic heterocycles. The third-order valence-corrected chi connectivity index (χ3v) is 7.23. The number of imidazole rings is 1. The Morgan fingerprint density at radius 1 is 1.05 bits per heavy atom. The summed E-state index contributed by atoms with van der Waals surface area (Å²) in [5, 5.41) is 17.9. The van der Waals surface area contributed by atoms with Gasteiger partial charge >= 0.3 is 6.09 Å². The summed E-state index contributed by atoms with van der Waals surface area (Å²) in [4.78, 5) is 29.7. The quantitative estimate of drug-likeness (QED) is 0.204. The summed E-state index contributed by atoms with van der Waals surface area (Å²) < 4.78 is 7.88. The van der Waals surface area contributed by atoms with Gasteiger partial charge in [-0.3, -0.25) is 10.1 Å². The van der Waals surface area contributed by atoms with E-state index >= 15 is 0 Å². The number of carbonyl (C=O) groups excluding carboxylic acids is 2. The second-order valence-corrected chi connectivity index (χ2v) is 10.2. The molecule has 5 aromatic rings. The summed E-state index contributed by atoms with van der Waals surface area (Å²) in [6, 6.07) is 21.5. The Kier molecular flexibility index (Phi) is 9.14. The van der Waals surface area contributed by atoms with Gasteiger partial charge in [0.2, 0.25) is 5.91 Å². The fourth-order valence-corrected chi connectivity index (χ4v) is 4.87. The number of benzene rings is 3. The number of amides is 2. The predicted molar refractivity (Wildman–Crippen MR) is 164 cm³/mol. The first-order chi connectivity index (χ1) is 20.8.